The molecule has 2 amide bonds. The van der Waals surface area contributed by atoms with Crippen LogP contribution in [0.4, 0.5) is 5.69 Å². The van der Waals surface area contributed by atoms with Gasteiger partial charge in [-0.3, -0.25) is 9.59 Å². The number of likely N-dealkylation sites (N-methyl/N-ethyl adjacent to an activating group) is 1. The number of amides is 2. The maximum atomic E-state index is 11.9. The fraction of sp³-hybridized carbons (Fsp3) is 0.385. The second-order valence-corrected chi connectivity index (χ2v) is 4.49. The lowest BCUT2D eigenvalue weighted by atomic mass is 10.0. The Bertz CT molecular complexity index is 455. The van der Waals surface area contributed by atoms with Crippen molar-refractivity contribution < 1.29 is 9.59 Å². The summed E-state index contributed by atoms with van der Waals surface area (Å²) in [4.78, 5) is 23.4. The largest absolute Gasteiger partial charge is 0.355 e. The molecule has 0 saturated carbocycles. The summed E-state index contributed by atoms with van der Waals surface area (Å²) >= 11 is 0. The van der Waals surface area contributed by atoms with E-state index >= 15 is 0 Å². The monoisotopic (exact) mass is 249 g/mol. The Morgan fingerprint density at radius 2 is 1.83 bits per heavy atom. The van der Waals surface area contributed by atoms with Crippen LogP contribution in [0.3, 0.4) is 0 Å². The van der Waals surface area contributed by atoms with E-state index in [0.717, 1.165) is 0 Å². The van der Waals surface area contributed by atoms with E-state index in [0.29, 0.717) is 11.3 Å². The Labute approximate surface area is 107 Å². The predicted molar refractivity (Wildman–Crippen MR) is 71.6 cm³/mol. The van der Waals surface area contributed by atoms with Gasteiger partial charge in [-0.2, -0.15) is 0 Å². The van der Waals surface area contributed by atoms with Crippen molar-refractivity contribution in [3.05, 3.63) is 29.8 Å². The third-order valence-electron chi connectivity index (χ3n) is 2.80. The van der Waals surface area contributed by atoms with Crippen LogP contribution in [-0.2, 0) is 4.79 Å². The number of benzene rings is 1. The summed E-state index contributed by atoms with van der Waals surface area (Å²) in [6.07, 6.45) is 0. The van der Waals surface area contributed by atoms with Gasteiger partial charge in [0.25, 0.3) is 5.91 Å². The molecule has 5 nitrogen and oxygen atoms in total. The molecule has 0 unspecified atom stereocenters. The number of carbonyl (C=O) groups excluding carboxylic acids is 2. The number of anilines is 1. The molecule has 0 aromatic heterocycles. The summed E-state index contributed by atoms with van der Waals surface area (Å²) < 4.78 is 0. The van der Waals surface area contributed by atoms with Gasteiger partial charge < -0.3 is 16.0 Å². The molecule has 98 valence electrons. The molecule has 0 fully saturated rings. The van der Waals surface area contributed by atoms with E-state index in [1.54, 1.807) is 52.2 Å². The first kappa shape index (κ1) is 14.2. The second-order valence-electron chi connectivity index (χ2n) is 4.49. The highest BCUT2D eigenvalue weighted by molar-refractivity contribution is 5.99. The smallest absolute Gasteiger partial charge is 0.251 e. The third kappa shape index (κ3) is 3.30. The van der Waals surface area contributed by atoms with Crippen LogP contribution in [0.15, 0.2) is 24.3 Å². The van der Waals surface area contributed by atoms with Gasteiger partial charge in [-0.05, 0) is 39.1 Å². The molecule has 0 bridgehead atoms. The SMILES string of the molecule is CNC(=O)c1cccc(NC(=O)C(C)(C)NC)c1. The molecule has 0 aliphatic heterocycles. The van der Waals surface area contributed by atoms with Gasteiger partial charge in [0, 0.05) is 18.3 Å². The second kappa shape index (κ2) is 5.64. The number of hydrogen-bond donors (Lipinski definition) is 3. The van der Waals surface area contributed by atoms with Crippen LogP contribution in [0.2, 0.25) is 0 Å². The summed E-state index contributed by atoms with van der Waals surface area (Å²) in [6.45, 7) is 3.57. The predicted octanol–water partition coefficient (Wildman–Crippen LogP) is 0.983. The third-order valence-corrected chi connectivity index (χ3v) is 2.80. The minimum atomic E-state index is -0.664. The summed E-state index contributed by atoms with van der Waals surface area (Å²) in [7, 11) is 3.29. The summed E-state index contributed by atoms with van der Waals surface area (Å²) in [5, 5.41) is 8.23. The van der Waals surface area contributed by atoms with Crippen molar-refractivity contribution in [3.8, 4) is 0 Å². The van der Waals surface area contributed by atoms with Gasteiger partial charge in [-0.1, -0.05) is 6.07 Å². The van der Waals surface area contributed by atoms with Gasteiger partial charge in [0.1, 0.15) is 0 Å². The van der Waals surface area contributed by atoms with E-state index < -0.39 is 5.54 Å². The fourth-order valence-electron chi connectivity index (χ4n) is 1.28. The van der Waals surface area contributed by atoms with E-state index in [9.17, 15) is 9.59 Å². The van der Waals surface area contributed by atoms with Crippen LogP contribution in [0.25, 0.3) is 0 Å². The molecular formula is C13H19N3O2. The first-order valence-electron chi connectivity index (χ1n) is 5.73. The molecule has 1 aromatic carbocycles. The number of rotatable bonds is 4. The topological polar surface area (TPSA) is 70.2 Å². The Hall–Kier alpha value is -1.88. The first-order valence-corrected chi connectivity index (χ1v) is 5.73. The lowest BCUT2D eigenvalue weighted by Gasteiger charge is -2.22. The van der Waals surface area contributed by atoms with Gasteiger partial charge in [-0.15, -0.1) is 0 Å². The van der Waals surface area contributed by atoms with Crippen LogP contribution >= 0.6 is 0 Å². The van der Waals surface area contributed by atoms with Crippen LogP contribution in [0, 0.1) is 0 Å². The molecule has 0 spiro atoms. The molecule has 0 aliphatic carbocycles. The first-order chi connectivity index (χ1) is 8.40. The molecule has 0 aliphatic rings. The molecule has 1 rings (SSSR count). The van der Waals surface area contributed by atoms with Crippen molar-refractivity contribution in [2.24, 2.45) is 0 Å². The number of carbonyl (C=O) groups is 2. The zero-order valence-electron chi connectivity index (χ0n) is 11.1. The van der Waals surface area contributed by atoms with Crippen molar-refractivity contribution in [3.63, 3.8) is 0 Å². The highest BCUT2D eigenvalue weighted by atomic mass is 16.2. The van der Waals surface area contributed by atoms with Crippen LogP contribution < -0.4 is 16.0 Å². The molecular weight excluding hydrogens is 230 g/mol. The Morgan fingerprint density at radius 1 is 1.17 bits per heavy atom. The van der Waals surface area contributed by atoms with Crippen molar-refractivity contribution in [2.75, 3.05) is 19.4 Å². The van der Waals surface area contributed by atoms with Gasteiger partial charge >= 0.3 is 0 Å². The molecule has 3 N–H and O–H groups in total. The average Bonchev–Trinajstić information content (AvgIpc) is 2.38. The lowest BCUT2D eigenvalue weighted by molar-refractivity contribution is -0.121. The molecule has 18 heavy (non-hydrogen) atoms. The maximum absolute atomic E-state index is 11.9. The minimum absolute atomic E-state index is 0.154. The van der Waals surface area contributed by atoms with Crippen molar-refractivity contribution in [2.45, 2.75) is 19.4 Å². The number of hydrogen-bond acceptors (Lipinski definition) is 3. The van der Waals surface area contributed by atoms with Crippen molar-refractivity contribution in [1.29, 1.82) is 0 Å². The summed E-state index contributed by atoms with van der Waals surface area (Å²) in [5.41, 5.74) is 0.449. The molecule has 5 heteroatoms. The van der Waals surface area contributed by atoms with E-state index in [4.69, 9.17) is 0 Å². The Morgan fingerprint density at radius 3 is 2.39 bits per heavy atom. The standard InChI is InChI=1S/C13H19N3O2/c1-13(2,15-4)12(18)16-10-7-5-6-9(8-10)11(17)14-3/h5-8,15H,1-4H3,(H,14,17)(H,16,18). The highest BCUT2D eigenvalue weighted by Crippen LogP contribution is 2.13. The Balaban J connectivity index is 2.86. The van der Waals surface area contributed by atoms with Crippen molar-refractivity contribution in [1.82, 2.24) is 10.6 Å². The van der Waals surface area contributed by atoms with Gasteiger partial charge in [0.2, 0.25) is 5.91 Å². The summed E-state index contributed by atoms with van der Waals surface area (Å²) in [5.74, 6) is -0.335. The average molecular weight is 249 g/mol. The van der Waals surface area contributed by atoms with E-state index in [1.807, 2.05) is 0 Å². The van der Waals surface area contributed by atoms with Crippen LogP contribution in [-0.4, -0.2) is 31.4 Å². The summed E-state index contributed by atoms with van der Waals surface area (Å²) in [6, 6.07) is 6.81. The van der Waals surface area contributed by atoms with Gasteiger partial charge in [-0.25, -0.2) is 0 Å². The van der Waals surface area contributed by atoms with E-state index in [-0.39, 0.29) is 11.8 Å². The van der Waals surface area contributed by atoms with Gasteiger partial charge in [0.15, 0.2) is 0 Å². The quantitative estimate of drug-likeness (QED) is 0.745. The normalized spacial score (nSPS) is 10.9. The molecule has 1 aromatic rings. The Kier molecular flexibility index (Phi) is 4.44. The maximum Gasteiger partial charge on any atom is 0.251 e. The van der Waals surface area contributed by atoms with Crippen LogP contribution in [0.5, 0.6) is 0 Å². The van der Waals surface area contributed by atoms with Crippen molar-refractivity contribution >= 4 is 17.5 Å². The molecule has 0 atom stereocenters. The van der Waals surface area contributed by atoms with E-state index in [2.05, 4.69) is 16.0 Å². The van der Waals surface area contributed by atoms with Crippen LogP contribution in [0.1, 0.15) is 24.2 Å². The zero-order valence-corrected chi connectivity index (χ0v) is 11.1. The zero-order chi connectivity index (χ0) is 13.8. The number of nitrogens with one attached hydrogen (secondary N) is 3. The molecule has 0 radical (unpaired) electrons. The molecule has 0 heterocycles. The molecule has 0 saturated heterocycles. The fourth-order valence-corrected chi connectivity index (χ4v) is 1.28. The van der Waals surface area contributed by atoms with Gasteiger partial charge in [0.05, 0.1) is 5.54 Å². The van der Waals surface area contributed by atoms with E-state index in [1.165, 1.54) is 0 Å². The lowest BCUT2D eigenvalue weighted by Crippen LogP contribution is -2.47. The highest BCUT2D eigenvalue weighted by Gasteiger charge is 2.25. The minimum Gasteiger partial charge on any atom is -0.355 e.